The summed E-state index contributed by atoms with van der Waals surface area (Å²) in [6, 6.07) is 3.04. The lowest BCUT2D eigenvalue weighted by molar-refractivity contribution is 0.0969. The SMILES string of the molecule is NC(=O)c1ccc(S)o1. The maximum absolute atomic E-state index is 10.3. The molecule has 1 aromatic heterocycles. The Bertz CT molecular complexity index is 231. The second-order valence-electron chi connectivity index (χ2n) is 1.50. The van der Waals surface area contributed by atoms with E-state index < -0.39 is 5.91 Å². The fourth-order valence-corrected chi connectivity index (χ4v) is 0.633. The van der Waals surface area contributed by atoms with Gasteiger partial charge in [0.25, 0.3) is 5.91 Å². The third kappa shape index (κ3) is 1.26. The van der Waals surface area contributed by atoms with Crippen molar-refractivity contribution in [2.24, 2.45) is 5.73 Å². The van der Waals surface area contributed by atoms with Crippen molar-refractivity contribution in [3.8, 4) is 0 Å². The molecule has 1 aromatic rings. The van der Waals surface area contributed by atoms with Gasteiger partial charge in [0.1, 0.15) is 0 Å². The molecule has 0 aliphatic rings. The van der Waals surface area contributed by atoms with Gasteiger partial charge in [-0.15, -0.1) is 12.6 Å². The Kier molecular flexibility index (Phi) is 1.48. The van der Waals surface area contributed by atoms with E-state index in [1.54, 1.807) is 6.07 Å². The van der Waals surface area contributed by atoms with Crippen LogP contribution in [0.5, 0.6) is 0 Å². The van der Waals surface area contributed by atoms with Crippen LogP contribution in [0.25, 0.3) is 0 Å². The summed E-state index contributed by atoms with van der Waals surface area (Å²) in [4.78, 5) is 10.3. The van der Waals surface area contributed by atoms with E-state index in [1.165, 1.54) is 6.07 Å². The normalized spacial score (nSPS) is 9.44. The number of hydrogen-bond donors (Lipinski definition) is 2. The Hall–Kier alpha value is -0.900. The maximum atomic E-state index is 10.3. The van der Waals surface area contributed by atoms with Crippen LogP contribution in [0.1, 0.15) is 10.6 Å². The van der Waals surface area contributed by atoms with Crippen molar-refractivity contribution in [1.82, 2.24) is 0 Å². The van der Waals surface area contributed by atoms with E-state index in [9.17, 15) is 4.79 Å². The first-order valence-electron chi connectivity index (χ1n) is 2.29. The maximum Gasteiger partial charge on any atom is 0.284 e. The molecule has 0 aliphatic heterocycles. The van der Waals surface area contributed by atoms with Crippen LogP contribution >= 0.6 is 12.6 Å². The number of hydrogen-bond acceptors (Lipinski definition) is 3. The molecular weight excluding hydrogens is 138 g/mol. The molecular formula is C5H5NO2S. The number of rotatable bonds is 1. The van der Waals surface area contributed by atoms with Gasteiger partial charge in [0, 0.05) is 0 Å². The van der Waals surface area contributed by atoms with E-state index >= 15 is 0 Å². The Morgan fingerprint density at radius 3 is 2.56 bits per heavy atom. The molecule has 1 amide bonds. The summed E-state index contributed by atoms with van der Waals surface area (Å²) < 4.78 is 4.73. The zero-order chi connectivity index (χ0) is 6.85. The lowest BCUT2D eigenvalue weighted by Gasteiger charge is -1.82. The highest BCUT2D eigenvalue weighted by Crippen LogP contribution is 2.09. The number of primary amides is 1. The molecule has 1 heterocycles. The van der Waals surface area contributed by atoms with Gasteiger partial charge in [-0.1, -0.05) is 0 Å². The predicted molar refractivity (Wildman–Crippen MR) is 34.5 cm³/mol. The minimum Gasteiger partial charge on any atom is -0.445 e. The zero-order valence-corrected chi connectivity index (χ0v) is 5.39. The Morgan fingerprint density at radius 1 is 1.67 bits per heavy atom. The fraction of sp³-hybridized carbons (Fsp3) is 0. The number of nitrogens with two attached hydrogens (primary N) is 1. The highest BCUT2D eigenvalue weighted by molar-refractivity contribution is 7.80. The van der Waals surface area contributed by atoms with Crippen molar-refractivity contribution in [2.75, 3.05) is 0 Å². The van der Waals surface area contributed by atoms with Crippen LogP contribution < -0.4 is 5.73 Å². The number of furan rings is 1. The summed E-state index contributed by atoms with van der Waals surface area (Å²) in [5.41, 5.74) is 4.86. The summed E-state index contributed by atoms with van der Waals surface area (Å²) in [7, 11) is 0. The molecule has 0 saturated carbocycles. The molecule has 0 spiro atoms. The molecule has 0 fully saturated rings. The first-order chi connectivity index (χ1) is 4.20. The van der Waals surface area contributed by atoms with Gasteiger partial charge in [-0.3, -0.25) is 4.79 Å². The number of amides is 1. The molecule has 0 bridgehead atoms. The standard InChI is InChI=1S/C5H5NO2S/c6-5(7)3-1-2-4(9)8-3/h1-2,9H,(H2,6,7). The average Bonchev–Trinajstić information content (AvgIpc) is 2.14. The third-order valence-electron chi connectivity index (χ3n) is 0.835. The summed E-state index contributed by atoms with van der Waals surface area (Å²) >= 11 is 3.83. The molecule has 9 heavy (non-hydrogen) atoms. The van der Waals surface area contributed by atoms with E-state index in [0.29, 0.717) is 5.09 Å². The molecule has 4 heteroatoms. The lowest BCUT2D eigenvalue weighted by atomic mass is 10.4. The zero-order valence-electron chi connectivity index (χ0n) is 4.50. The van der Waals surface area contributed by atoms with Crippen molar-refractivity contribution in [2.45, 2.75) is 5.09 Å². The summed E-state index contributed by atoms with van der Waals surface area (Å²) in [5, 5.41) is 0.392. The van der Waals surface area contributed by atoms with Gasteiger partial charge in [0.05, 0.1) is 0 Å². The van der Waals surface area contributed by atoms with Crippen LogP contribution in [0.4, 0.5) is 0 Å². The van der Waals surface area contributed by atoms with Crippen LogP contribution in [-0.4, -0.2) is 5.91 Å². The third-order valence-corrected chi connectivity index (χ3v) is 1.08. The fourth-order valence-electron chi connectivity index (χ4n) is 0.460. The first-order valence-corrected chi connectivity index (χ1v) is 2.73. The largest absolute Gasteiger partial charge is 0.445 e. The Balaban J connectivity index is 2.98. The predicted octanol–water partition coefficient (Wildman–Crippen LogP) is 0.667. The summed E-state index contributed by atoms with van der Waals surface area (Å²) in [5.74, 6) is -0.435. The monoisotopic (exact) mass is 143 g/mol. The molecule has 2 N–H and O–H groups in total. The van der Waals surface area contributed by atoms with Gasteiger partial charge in [0.15, 0.2) is 10.9 Å². The minimum absolute atomic E-state index is 0.139. The van der Waals surface area contributed by atoms with E-state index in [4.69, 9.17) is 10.2 Å². The van der Waals surface area contributed by atoms with Crippen LogP contribution in [0.3, 0.4) is 0 Å². The van der Waals surface area contributed by atoms with Gasteiger partial charge in [-0.2, -0.15) is 0 Å². The Morgan fingerprint density at radius 2 is 2.33 bits per heavy atom. The van der Waals surface area contributed by atoms with Gasteiger partial charge >= 0.3 is 0 Å². The second kappa shape index (κ2) is 2.14. The molecule has 48 valence electrons. The molecule has 0 atom stereocenters. The highest BCUT2D eigenvalue weighted by atomic mass is 32.1. The Labute approximate surface area is 57.2 Å². The smallest absolute Gasteiger partial charge is 0.284 e. The van der Waals surface area contributed by atoms with Crippen LogP contribution in [0.15, 0.2) is 21.6 Å². The summed E-state index contributed by atoms with van der Waals surface area (Å²) in [6.07, 6.45) is 0. The molecule has 1 rings (SSSR count). The van der Waals surface area contributed by atoms with Crippen molar-refractivity contribution >= 4 is 18.5 Å². The van der Waals surface area contributed by atoms with Crippen molar-refractivity contribution in [3.63, 3.8) is 0 Å². The van der Waals surface area contributed by atoms with Gasteiger partial charge in [-0.05, 0) is 12.1 Å². The molecule has 0 saturated heterocycles. The van der Waals surface area contributed by atoms with E-state index in [-0.39, 0.29) is 5.76 Å². The van der Waals surface area contributed by atoms with E-state index in [1.807, 2.05) is 0 Å². The molecule has 0 aliphatic carbocycles. The van der Waals surface area contributed by atoms with Gasteiger partial charge < -0.3 is 10.2 Å². The van der Waals surface area contributed by atoms with Crippen molar-refractivity contribution in [3.05, 3.63) is 17.9 Å². The van der Waals surface area contributed by atoms with Crippen LogP contribution in [0.2, 0.25) is 0 Å². The first kappa shape index (κ1) is 6.22. The van der Waals surface area contributed by atoms with Gasteiger partial charge in [-0.25, -0.2) is 0 Å². The minimum atomic E-state index is -0.574. The second-order valence-corrected chi connectivity index (χ2v) is 1.94. The molecule has 3 nitrogen and oxygen atoms in total. The van der Waals surface area contributed by atoms with E-state index in [0.717, 1.165) is 0 Å². The number of carbonyl (C=O) groups excluding carboxylic acids is 1. The quantitative estimate of drug-likeness (QED) is 0.567. The van der Waals surface area contributed by atoms with Gasteiger partial charge in [0.2, 0.25) is 0 Å². The molecule has 0 aromatic carbocycles. The van der Waals surface area contributed by atoms with Crippen LogP contribution in [-0.2, 0) is 0 Å². The molecule has 0 radical (unpaired) electrons. The number of carbonyl (C=O) groups is 1. The lowest BCUT2D eigenvalue weighted by Crippen LogP contribution is -2.08. The number of thiol groups is 1. The van der Waals surface area contributed by atoms with Crippen LogP contribution in [0, 0.1) is 0 Å². The van der Waals surface area contributed by atoms with Crippen molar-refractivity contribution in [1.29, 1.82) is 0 Å². The molecule has 0 unspecified atom stereocenters. The topological polar surface area (TPSA) is 56.2 Å². The van der Waals surface area contributed by atoms with E-state index in [2.05, 4.69) is 12.6 Å². The van der Waals surface area contributed by atoms with Crippen molar-refractivity contribution < 1.29 is 9.21 Å². The average molecular weight is 143 g/mol. The highest BCUT2D eigenvalue weighted by Gasteiger charge is 2.02. The summed E-state index contributed by atoms with van der Waals surface area (Å²) in [6.45, 7) is 0.